The quantitative estimate of drug-likeness (QED) is 0.639. The van der Waals surface area contributed by atoms with Crippen LogP contribution in [0, 0.1) is 10.1 Å². The topological polar surface area (TPSA) is 115 Å². The molecule has 0 spiro atoms. The number of nitrogens with one attached hydrogen (secondary N) is 1. The molecule has 0 aliphatic heterocycles. The number of halogens is 1. The zero-order chi connectivity index (χ0) is 14.8. The van der Waals surface area contributed by atoms with Crippen molar-refractivity contribution in [3.05, 3.63) is 38.9 Å². The van der Waals surface area contributed by atoms with Crippen molar-refractivity contribution < 1.29 is 14.5 Å². The Morgan fingerprint density at radius 2 is 2.00 bits per heavy atom. The van der Waals surface area contributed by atoms with Crippen LogP contribution in [0.4, 0.5) is 5.69 Å². The molecule has 0 aliphatic rings. The molecule has 0 unspecified atom stereocenters. The molecule has 1 aromatic rings. The monoisotopic (exact) mass is 285 g/mol. The lowest BCUT2D eigenvalue weighted by molar-refractivity contribution is -0.384. The summed E-state index contributed by atoms with van der Waals surface area (Å²) in [4.78, 5) is 32.9. The molecular weight excluding hydrogens is 274 g/mol. The Morgan fingerprint density at radius 3 is 2.42 bits per heavy atom. The zero-order valence-corrected chi connectivity index (χ0v) is 11.0. The minimum atomic E-state index is -1.23. The van der Waals surface area contributed by atoms with Crippen LogP contribution in [0.25, 0.3) is 0 Å². The van der Waals surface area contributed by atoms with Gasteiger partial charge in [0.2, 0.25) is 5.91 Å². The first-order chi connectivity index (χ1) is 8.65. The van der Waals surface area contributed by atoms with Gasteiger partial charge in [-0.2, -0.15) is 0 Å². The average Bonchev–Trinajstić information content (AvgIpc) is 2.27. The molecule has 102 valence electrons. The van der Waals surface area contributed by atoms with E-state index in [9.17, 15) is 19.7 Å². The first kappa shape index (κ1) is 14.9. The second-order valence-corrected chi connectivity index (χ2v) is 4.77. The summed E-state index contributed by atoms with van der Waals surface area (Å²) in [6, 6.07) is 3.52. The number of amides is 2. The highest BCUT2D eigenvalue weighted by Crippen LogP contribution is 2.25. The van der Waals surface area contributed by atoms with Crippen molar-refractivity contribution in [3.63, 3.8) is 0 Å². The van der Waals surface area contributed by atoms with E-state index in [-0.39, 0.29) is 16.3 Å². The number of hydrogen-bond donors (Lipinski definition) is 2. The smallest absolute Gasteiger partial charge is 0.287 e. The first-order valence-corrected chi connectivity index (χ1v) is 5.59. The molecule has 7 nitrogen and oxygen atoms in total. The van der Waals surface area contributed by atoms with Crippen molar-refractivity contribution in [2.75, 3.05) is 0 Å². The van der Waals surface area contributed by atoms with Crippen LogP contribution in [-0.4, -0.2) is 22.3 Å². The molecule has 0 bridgehead atoms. The van der Waals surface area contributed by atoms with Gasteiger partial charge in [-0.1, -0.05) is 11.6 Å². The number of rotatable bonds is 4. The maximum atomic E-state index is 11.9. The van der Waals surface area contributed by atoms with Gasteiger partial charge in [0.05, 0.1) is 4.92 Å². The van der Waals surface area contributed by atoms with E-state index in [4.69, 9.17) is 17.3 Å². The highest BCUT2D eigenvalue weighted by molar-refractivity contribution is 6.33. The number of nitrogens with two attached hydrogens (primary N) is 1. The van der Waals surface area contributed by atoms with Crippen molar-refractivity contribution in [3.8, 4) is 0 Å². The third kappa shape index (κ3) is 3.41. The highest BCUT2D eigenvalue weighted by Gasteiger charge is 2.27. The minimum Gasteiger partial charge on any atom is -0.368 e. The van der Waals surface area contributed by atoms with Gasteiger partial charge >= 0.3 is 0 Å². The standard InChI is InChI=1S/C11H12ClN3O4/c1-11(2,10(13)17)14-9(16)6-3-4-8(15(18)19)7(12)5-6/h3-5H,1-2H3,(H2,13,17)(H,14,16). The summed E-state index contributed by atoms with van der Waals surface area (Å²) in [6.07, 6.45) is 0. The van der Waals surface area contributed by atoms with Crippen molar-refractivity contribution in [1.29, 1.82) is 0 Å². The SMILES string of the molecule is CC(C)(NC(=O)c1ccc([N+](=O)[O-])c(Cl)c1)C(N)=O. The van der Waals surface area contributed by atoms with E-state index < -0.39 is 22.3 Å². The number of carbonyl (C=O) groups excluding carboxylic acids is 2. The van der Waals surface area contributed by atoms with Gasteiger partial charge in [-0.15, -0.1) is 0 Å². The summed E-state index contributed by atoms with van der Waals surface area (Å²) in [6.45, 7) is 2.89. The molecule has 0 heterocycles. The van der Waals surface area contributed by atoms with Crippen LogP contribution in [0.3, 0.4) is 0 Å². The lowest BCUT2D eigenvalue weighted by Crippen LogP contribution is -2.53. The number of nitrogens with zero attached hydrogens (tertiary/aromatic N) is 1. The average molecular weight is 286 g/mol. The largest absolute Gasteiger partial charge is 0.368 e. The van der Waals surface area contributed by atoms with Gasteiger partial charge in [0.15, 0.2) is 0 Å². The van der Waals surface area contributed by atoms with Crippen molar-refractivity contribution >= 4 is 29.1 Å². The molecule has 0 saturated carbocycles. The lowest BCUT2D eigenvalue weighted by atomic mass is 10.0. The van der Waals surface area contributed by atoms with Crippen LogP contribution in [0.5, 0.6) is 0 Å². The summed E-state index contributed by atoms with van der Waals surface area (Å²) >= 11 is 5.69. The maximum absolute atomic E-state index is 11.9. The van der Waals surface area contributed by atoms with E-state index in [1.165, 1.54) is 19.9 Å². The van der Waals surface area contributed by atoms with E-state index in [1.54, 1.807) is 0 Å². The second-order valence-electron chi connectivity index (χ2n) is 4.37. The molecule has 0 saturated heterocycles. The normalized spacial score (nSPS) is 10.9. The molecule has 2 amide bonds. The van der Waals surface area contributed by atoms with E-state index in [2.05, 4.69) is 5.32 Å². The molecule has 0 atom stereocenters. The number of primary amides is 1. The molecule has 0 aliphatic carbocycles. The molecule has 1 rings (SSSR count). The predicted octanol–water partition coefficient (Wildman–Crippen LogP) is 1.24. The molecular formula is C11H12ClN3O4. The Morgan fingerprint density at radius 1 is 1.42 bits per heavy atom. The summed E-state index contributed by atoms with van der Waals surface area (Å²) < 4.78 is 0. The number of benzene rings is 1. The van der Waals surface area contributed by atoms with Gasteiger partial charge in [-0.25, -0.2) is 0 Å². The van der Waals surface area contributed by atoms with Gasteiger partial charge in [-0.05, 0) is 26.0 Å². The van der Waals surface area contributed by atoms with Crippen molar-refractivity contribution in [1.82, 2.24) is 5.32 Å². The molecule has 1 aromatic carbocycles. The fourth-order valence-corrected chi connectivity index (χ4v) is 1.46. The van der Waals surface area contributed by atoms with Crippen LogP contribution in [0.15, 0.2) is 18.2 Å². The molecule has 19 heavy (non-hydrogen) atoms. The molecule has 0 radical (unpaired) electrons. The third-order valence-electron chi connectivity index (χ3n) is 2.45. The fourth-order valence-electron chi connectivity index (χ4n) is 1.21. The number of carbonyl (C=O) groups is 2. The van der Waals surface area contributed by atoms with Crippen LogP contribution < -0.4 is 11.1 Å². The molecule has 0 fully saturated rings. The van der Waals surface area contributed by atoms with Gasteiger partial charge in [0, 0.05) is 11.6 Å². The summed E-state index contributed by atoms with van der Waals surface area (Å²) in [5, 5.41) is 12.8. The zero-order valence-electron chi connectivity index (χ0n) is 10.3. The van der Waals surface area contributed by atoms with Gasteiger partial charge in [0.1, 0.15) is 10.6 Å². The minimum absolute atomic E-state index is 0.102. The van der Waals surface area contributed by atoms with E-state index in [1.807, 2.05) is 0 Å². The molecule has 3 N–H and O–H groups in total. The second kappa shape index (κ2) is 5.23. The predicted molar refractivity (Wildman–Crippen MR) is 68.8 cm³/mol. The number of nitro groups is 1. The highest BCUT2D eigenvalue weighted by atomic mass is 35.5. The van der Waals surface area contributed by atoms with E-state index >= 15 is 0 Å². The summed E-state index contributed by atoms with van der Waals surface area (Å²) in [7, 11) is 0. The Hall–Kier alpha value is -2.15. The van der Waals surface area contributed by atoms with Crippen molar-refractivity contribution in [2.45, 2.75) is 19.4 Å². The Labute approximate surface area is 113 Å². The summed E-state index contributed by atoms with van der Waals surface area (Å²) in [5.74, 6) is -1.30. The molecule has 8 heteroatoms. The van der Waals surface area contributed by atoms with Crippen LogP contribution >= 0.6 is 11.6 Å². The Kier molecular flexibility index (Phi) is 4.10. The van der Waals surface area contributed by atoms with Crippen molar-refractivity contribution in [2.24, 2.45) is 5.73 Å². The van der Waals surface area contributed by atoms with Gasteiger partial charge in [0.25, 0.3) is 11.6 Å². The van der Waals surface area contributed by atoms with Gasteiger partial charge < -0.3 is 11.1 Å². The maximum Gasteiger partial charge on any atom is 0.287 e. The fraction of sp³-hybridized carbons (Fsp3) is 0.273. The van der Waals surface area contributed by atoms with E-state index in [0.29, 0.717) is 0 Å². The Bertz CT molecular complexity index is 557. The number of nitro benzene ring substituents is 1. The van der Waals surface area contributed by atoms with Crippen LogP contribution in [-0.2, 0) is 4.79 Å². The van der Waals surface area contributed by atoms with Gasteiger partial charge in [-0.3, -0.25) is 19.7 Å². The molecule has 0 aromatic heterocycles. The third-order valence-corrected chi connectivity index (χ3v) is 2.75. The van der Waals surface area contributed by atoms with E-state index in [0.717, 1.165) is 12.1 Å². The lowest BCUT2D eigenvalue weighted by Gasteiger charge is -2.22. The number of hydrogen-bond acceptors (Lipinski definition) is 4. The van der Waals surface area contributed by atoms with Crippen LogP contribution in [0.1, 0.15) is 24.2 Å². The van der Waals surface area contributed by atoms with Crippen LogP contribution in [0.2, 0.25) is 5.02 Å². The first-order valence-electron chi connectivity index (χ1n) is 5.21. The summed E-state index contributed by atoms with van der Waals surface area (Å²) in [5.41, 5.74) is 3.69. The Balaban J connectivity index is 2.99.